The number of hydrogen-bond donors (Lipinski definition) is 2. The second-order valence-corrected chi connectivity index (χ2v) is 4.26. The van der Waals surface area contributed by atoms with Gasteiger partial charge in [-0.05, 0) is 38.3 Å². The standard InChI is InChI=1S/C11H16FNO/c1-11(2,13)6-5-8-3-4-9(14)7-10(8)12/h3-4,7,14H,5-6,13H2,1-2H3. The van der Waals surface area contributed by atoms with Crippen LogP contribution >= 0.6 is 0 Å². The summed E-state index contributed by atoms with van der Waals surface area (Å²) in [6.45, 7) is 3.82. The summed E-state index contributed by atoms with van der Waals surface area (Å²) in [6, 6.07) is 4.21. The summed E-state index contributed by atoms with van der Waals surface area (Å²) < 4.78 is 13.2. The molecule has 0 aromatic heterocycles. The second kappa shape index (κ2) is 3.96. The first-order valence-corrected chi connectivity index (χ1v) is 4.65. The van der Waals surface area contributed by atoms with Gasteiger partial charge in [0.1, 0.15) is 11.6 Å². The predicted molar refractivity (Wildman–Crippen MR) is 54.7 cm³/mol. The van der Waals surface area contributed by atoms with Crippen LogP contribution in [0.4, 0.5) is 4.39 Å². The zero-order chi connectivity index (χ0) is 10.8. The number of hydrogen-bond acceptors (Lipinski definition) is 2. The van der Waals surface area contributed by atoms with Crippen LogP contribution in [0.25, 0.3) is 0 Å². The molecule has 0 fully saturated rings. The minimum absolute atomic E-state index is 0.0433. The second-order valence-electron chi connectivity index (χ2n) is 4.26. The Hall–Kier alpha value is -1.09. The van der Waals surface area contributed by atoms with E-state index in [-0.39, 0.29) is 17.1 Å². The molecule has 0 amide bonds. The molecule has 0 atom stereocenters. The van der Waals surface area contributed by atoms with Crippen LogP contribution in [0.3, 0.4) is 0 Å². The topological polar surface area (TPSA) is 46.2 Å². The quantitative estimate of drug-likeness (QED) is 0.780. The normalized spacial score (nSPS) is 11.7. The van der Waals surface area contributed by atoms with Gasteiger partial charge in [0.25, 0.3) is 0 Å². The Bertz CT molecular complexity index is 318. The lowest BCUT2D eigenvalue weighted by molar-refractivity contribution is 0.459. The number of nitrogens with two attached hydrogens (primary N) is 1. The Morgan fingerprint density at radius 1 is 1.43 bits per heavy atom. The largest absolute Gasteiger partial charge is 0.508 e. The molecule has 0 aliphatic rings. The average Bonchev–Trinajstić information content (AvgIpc) is 2.00. The van der Waals surface area contributed by atoms with Crippen LogP contribution in [0, 0.1) is 5.82 Å². The number of aryl methyl sites for hydroxylation is 1. The smallest absolute Gasteiger partial charge is 0.130 e. The third-order valence-electron chi connectivity index (χ3n) is 2.08. The predicted octanol–water partition coefficient (Wildman–Crippen LogP) is 2.20. The first-order valence-electron chi connectivity index (χ1n) is 4.65. The van der Waals surface area contributed by atoms with Crippen molar-refractivity contribution in [1.82, 2.24) is 0 Å². The van der Waals surface area contributed by atoms with E-state index in [2.05, 4.69) is 0 Å². The van der Waals surface area contributed by atoms with E-state index in [4.69, 9.17) is 10.8 Å². The van der Waals surface area contributed by atoms with Crippen LogP contribution in [-0.2, 0) is 6.42 Å². The van der Waals surface area contributed by atoms with E-state index >= 15 is 0 Å². The van der Waals surface area contributed by atoms with E-state index in [1.807, 2.05) is 13.8 Å². The van der Waals surface area contributed by atoms with Gasteiger partial charge in [-0.3, -0.25) is 0 Å². The third-order valence-corrected chi connectivity index (χ3v) is 2.08. The van der Waals surface area contributed by atoms with E-state index < -0.39 is 0 Å². The molecule has 1 aromatic carbocycles. The monoisotopic (exact) mass is 197 g/mol. The molecule has 1 rings (SSSR count). The van der Waals surface area contributed by atoms with Gasteiger partial charge in [0.15, 0.2) is 0 Å². The van der Waals surface area contributed by atoms with Gasteiger partial charge in [0.05, 0.1) is 0 Å². The molecule has 0 saturated carbocycles. The van der Waals surface area contributed by atoms with Crippen molar-refractivity contribution in [3.05, 3.63) is 29.6 Å². The molecule has 3 N–H and O–H groups in total. The van der Waals surface area contributed by atoms with Gasteiger partial charge in [-0.1, -0.05) is 6.07 Å². The van der Waals surface area contributed by atoms with E-state index in [0.29, 0.717) is 18.4 Å². The Morgan fingerprint density at radius 2 is 2.07 bits per heavy atom. The van der Waals surface area contributed by atoms with E-state index in [1.54, 1.807) is 6.07 Å². The van der Waals surface area contributed by atoms with Crippen LogP contribution in [0.1, 0.15) is 25.8 Å². The van der Waals surface area contributed by atoms with Crippen LogP contribution in [0.5, 0.6) is 5.75 Å². The molecule has 0 spiro atoms. The van der Waals surface area contributed by atoms with E-state index in [0.717, 1.165) is 6.07 Å². The van der Waals surface area contributed by atoms with Crippen LogP contribution in [0.15, 0.2) is 18.2 Å². The van der Waals surface area contributed by atoms with Gasteiger partial charge in [-0.2, -0.15) is 0 Å². The maximum Gasteiger partial charge on any atom is 0.130 e. The fraction of sp³-hybridized carbons (Fsp3) is 0.455. The Labute approximate surface area is 83.6 Å². The Morgan fingerprint density at radius 3 is 2.57 bits per heavy atom. The van der Waals surface area contributed by atoms with Crippen molar-refractivity contribution in [3.63, 3.8) is 0 Å². The van der Waals surface area contributed by atoms with E-state index in [1.165, 1.54) is 6.07 Å². The lowest BCUT2D eigenvalue weighted by atomic mass is 9.96. The summed E-state index contributed by atoms with van der Waals surface area (Å²) in [4.78, 5) is 0. The number of aromatic hydroxyl groups is 1. The highest BCUT2D eigenvalue weighted by molar-refractivity contribution is 5.27. The number of rotatable bonds is 3. The molecule has 2 nitrogen and oxygen atoms in total. The summed E-state index contributed by atoms with van der Waals surface area (Å²) in [6.07, 6.45) is 1.31. The van der Waals surface area contributed by atoms with Gasteiger partial charge >= 0.3 is 0 Å². The van der Waals surface area contributed by atoms with Gasteiger partial charge in [0.2, 0.25) is 0 Å². The highest BCUT2D eigenvalue weighted by atomic mass is 19.1. The van der Waals surface area contributed by atoms with Gasteiger partial charge in [-0.15, -0.1) is 0 Å². The molecule has 0 bridgehead atoms. The fourth-order valence-electron chi connectivity index (χ4n) is 1.20. The third kappa shape index (κ3) is 3.34. The minimum atomic E-state index is -0.366. The van der Waals surface area contributed by atoms with Crippen molar-refractivity contribution in [1.29, 1.82) is 0 Å². The zero-order valence-electron chi connectivity index (χ0n) is 8.55. The van der Waals surface area contributed by atoms with Crippen molar-refractivity contribution < 1.29 is 9.50 Å². The van der Waals surface area contributed by atoms with E-state index in [9.17, 15) is 4.39 Å². The van der Waals surface area contributed by atoms with Gasteiger partial charge < -0.3 is 10.8 Å². The molecule has 14 heavy (non-hydrogen) atoms. The van der Waals surface area contributed by atoms with Crippen LogP contribution < -0.4 is 5.73 Å². The van der Waals surface area contributed by atoms with Gasteiger partial charge in [-0.25, -0.2) is 4.39 Å². The maximum absolute atomic E-state index is 13.2. The van der Waals surface area contributed by atoms with Crippen molar-refractivity contribution in [3.8, 4) is 5.75 Å². The maximum atomic E-state index is 13.2. The lowest BCUT2D eigenvalue weighted by Crippen LogP contribution is -2.32. The van der Waals surface area contributed by atoms with Gasteiger partial charge in [0, 0.05) is 11.6 Å². The highest BCUT2D eigenvalue weighted by Crippen LogP contribution is 2.18. The van der Waals surface area contributed by atoms with Crippen molar-refractivity contribution in [2.45, 2.75) is 32.2 Å². The molecule has 0 heterocycles. The Balaban J connectivity index is 2.68. The highest BCUT2D eigenvalue weighted by Gasteiger charge is 2.12. The SMILES string of the molecule is CC(C)(N)CCc1ccc(O)cc1F. The lowest BCUT2D eigenvalue weighted by Gasteiger charge is -2.18. The number of halogens is 1. The molecule has 3 heteroatoms. The molecule has 0 saturated heterocycles. The fourth-order valence-corrected chi connectivity index (χ4v) is 1.20. The molecular weight excluding hydrogens is 181 g/mol. The number of phenolic OH excluding ortho intramolecular Hbond substituents is 1. The van der Waals surface area contributed by atoms with Crippen LogP contribution in [0.2, 0.25) is 0 Å². The van der Waals surface area contributed by atoms with Crippen molar-refractivity contribution >= 4 is 0 Å². The summed E-state index contributed by atoms with van der Waals surface area (Å²) >= 11 is 0. The average molecular weight is 197 g/mol. The minimum Gasteiger partial charge on any atom is -0.508 e. The first-order chi connectivity index (χ1) is 6.38. The molecule has 0 unspecified atom stereocenters. The molecule has 78 valence electrons. The Kier molecular flexibility index (Phi) is 3.11. The molecule has 0 radical (unpaired) electrons. The summed E-state index contributed by atoms with van der Waals surface area (Å²) in [5.41, 5.74) is 6.10. The summed E-state index contributed by atoms with van der Waals surface area (Å²) in [5, 5.41) is 9.00. The molecule has 1 aromatic rings. The number of phenols is 1. The number of benzene rings is 1. The molecular formula is C11H16FNO. The first kappa shape index (κ1) is 11.0. The molecule has 0 aliphatic heterocycles. The van der Waals surface area contributed by atoms with Crippen LogP contribution in [-0.4, -0.2) is 10.6 Å². The zero-order valence-corrected chi connectivity index (χ0v) is 8.55. The summed E-state index contributed by atoms with van der Waals surface area (Å²) in [7, 11) is 0. The summed E-state index contributed by atoms with van der Waals surface area (Å²) in [5.74, 6) is -0.410. The van der Waals surface area contributed by atoms with Crippen molar-refractivity contribution in [2.24, 2.45) is 5.73 Å². The molecule has 0 aliphatic carbocycles. The van der Waals surface area contributed by atoms with Crippen molar-refractivity contribution in [2.75, 3.05) is 0 Å².